The highest BCUT2D eigenvalue weighted by Gasteiger charge is 2.45. The van der Waals surface area contributed by atoms with Crippen LogP contribution < -0.4 is 5.32 Å². The normalized spacial score (nSPS) is 15.4. The molecular formula is C12H17F3N2O2. The van der Waals surface area contributed by atoms with Gasteiger partial charge in [0.1, 0.15) is 0 Å². The predicted octanol–water partition coefficient (Wildman–Crippen LogP) is 2.00. The fourth-order valence-corrected chi connectivity index (χ4v) is 1.73. The second-order valence-electron chi connectivity index (χ2n) is 4.78. The number of H-pyrrole nitrogens is 1. The molecule has 1 aromatic rings. The monoisotopic (exact) mass is 278 g/mol. The SMILES string of the molecule is Cc1c[nH]cc1C(=O)N[C@@H](C(C)C)[C@H](O)C(F)(F)F. The maximum Gasteiger partial charge on any atom is 0.416 e. The van der Waals surface area contributed by atoms with Crippen molar-refractivity contribution in [2.45, 2.75) is 39.1 Å². The molecule has 0 saturated carbocycles. The maximum atomic E-state index is 12.5. The minimum atomic E-state index is -4.77. The van der Waals surface area contributed by atoms with E-state index in [0.717, 1.165) is 0 Å². The fourth-order valence-electron chi connectivity index (χ4n) is 1.73. The third-order valence-electron chi connectivity index (χ3n) is 2.89. The van der Waals surface area contributed by atoms with Crippen LogP contribution >= 0.6 is 0 Å². The fraction of sp³-hybridized carbons (Fsp3) is 0.583. The molecule has 0 spiro atoms. The zero-order valence-corrected chi connectivity index (χ0v) is 10.9. The largest absolute Gasteiger partial charge is 0.416 e. The highest BCUT2D eigenvalue weighted by atomic mass is 19.4. The topological polar surface area (TPSA) is 65.1 Å². The van der Waals surface area contributed by atoms with Crippen LogP contribution in [0.5, 0.6) is 0 Å². The van der Waals surface area contributed by atoms with Gasteiger partial charge in [-0.05, 0) is 18.4 Å². The van der Waals surface area contributed by atoms with Crippen LogP contribution in [0.2, 0.25) is 0 Å². The summed E-state index contributed by atoms with van der Waals surface area (Å²) in [5.74, 6) is -1.19. The summed E-state index contributed by atoms with van der Waals surface area (Å²) < 4.78 is 37.6. The minimum Gasteiger partial charge on any atom is -0.382 e. The van der Waals surface area contributed by atoms with Gasteiger partial charge in [-0.25, -0.2) is 0 Å². The Hall–Kier alpha value is -1.50. The maximum absolute atomic E-state index is 12.5. The molecule has 1 aromatic heterocycles. The third-order valence-corrected chi connectivity index (χ3v) is 2.89. The first-order chi connectivity index (χ1) is 8.64. The van der Waals surface area contributed by atoms with Crippen molar-refractivity contribution >= 4 is 5.91 Å². The van der Waals surface area contributed by atoms with E-state index < -0.39 is 30.1 Å². The van der Waals surface area contributed by atoms with E-state index in [1.54, 1.807) is 13.1 Å². The molecule has 108 valence electrons. The Labute approximate surface area is 109 Å². The molecule has 4 nitrogen and oxygen atoms in total. The van der Waals surface area contributed by atoms with Gasteiger partial charge in [0.05, 0.1) is 11.6 Å². The van der Waals surface area contributed by atoms with E-state index in [1.807, 2.05) is 0 Å². The first-order valence-corrected chi connectivity index (χ1v) is 5.83. The molecular weight excluding hydrogens is 261 g/mol. The molecule has 0 aliphatic rings. The first-order valence-electron chi connectivity index (χ1n) is 5.83. The van der Waals surface area contributed by atoms with Crippen molar-refractivity contribution in [3.05, 3.63) is 23.5 Å². The minimum absolute atomic E-state index is 0.264. The second-order valence-corrected chi connectivity index (χ2v) is 4.78. The zero-order chi connectivity index (χ0) is 14.8. The Morgan fingerprint density at radius 2 is 1.95 bits per heavy atom. The lowest BCUT2D eigenvalue weighted by Gasteiger charge is -2.28. The zero-order valence-electron chi connectivity index (χ0n) is 10.9. The Morgan fingerprint density at radius 1 is 1.37 bits per heavy atom. The summed E-state index contributed by atoms with van der Waals surface area (Å²) in [5, 5.41) is 11.5. The molecule has 2 atom stereocenters. The van der Waals surface area contributed by atoms with E-state index >= 15 is 0 Å². The van der Waals surface area contributed by atoms with E-state index in [0.29, 0.717) is 5.56 Å². The number of aryl methyl sites for hydroxylation is 1. The lowest BCUT2D eigenvalue weighted by Crippen LogP contribution is -2.52. The summed E-state index contributed by atoms with van der Waals surface area (Å²) in [6.45, 7) is 4.67. The van der Waals surface area contributed by atoms with Crippen molar-refractivity contribution in [3.63, 3.8) is 0 Å². The Bertz CT molecular complexity index is 440. The number of aliphatic hydroxyl groups excluding tert-OH is 1. The molecule has 1 amide bonds. The van der Waals surface area contributed by atoms with Gasteiger partial charge in [-0.3, -0.25) is 4.79 Å². The summed E-state index contributed by atoms with van der Waals surface area (Å²) in [7, 11) is 0. The van der Waals surface area contributed by atoms with Gasteiger partial charge in [-0.2, -0.15) is 13.2 Å². The number of hydrogen-bond donors (Lipinski definition) is 3. The van der Waals surface area contributed by atoms with Gasteiger partial charge in [-0.15, -0.1) is 0 Å². The molecule has 0 radical (unpaired) electrons. The van der Waals surface area contributed by atoms with Gasteiger partial charge in [0.15, 0.2) is 6.10 Å². The van der Waals surface area contributed by atoms with Gasteiger partial charge in [-0.1, -0.05) is 13.8 Å². The highest BCUT2D eigenvalue weighted by molar-refractivity contribution is 5.95. The molecule has 3 N–H and O–H groups in total. The number of hydrogen-bond acceptors (Lipinski definition) is 2. The summed E-state index contributed by atoms with van der Waals surface area (Å²) in [6, 6.07) is -1.39. The van der Waals surface area contributed by atoms with Gasteiger partial charge >= 0.3 is 6.18 Å². The smallest absolute Gasteiger partial charge is 0.382 e. The first kappa shape index (κ1) is 15.6. The number of aliphatic hydroxyl groups is 1. The van der Waals surface area contributed by atoms with Crippen LogP contribution in [0.3, 0.4) is 0 Å². The van der Waals surface area contributed by atoms with Gasteiger partial charge in [0, 0.05) is 12.4 Å². The molecule has 0 saturated heterocycles. The van der Waals surface area contributed by atoms with Crippen LogP contribution in [-0.4, -0.2) is 34.3 Å². The Morgan fingerprint density at radius 3 is 2.32 bits per heavy atom. The molecule has 0 unspecified atom stereocenters. The Balaban J connectivity index is 2.86. The lowest BCUT2D eigenvalue weighted by molar-refractivity contribution is -0.214. The van der Waals surface area contributed by atoms with E-state index in [4.69, 9.17) is 0 Å². The quantitative estimate of drug-likeness (QED) is 0.788. The number of alkyl halides is 3. The molecule has 0 bridgehead atoms. The van der Waals surface area contributed by atoms with Crippen LogP contribution in [0.1, 0.15) is 29.8 Å². The highest BCUT2D eigenvalue weighted by Crippen LogP contribution is 2.25. The molecule has 0 fully saturated rings. The van der Waals surface area contributed by atoms with Crippen molar-refractivity contribution in [3.8, 4) is 0 Å². The van der Waals surface area contributed by atoms with Crippen LogP contribution in [-0.2, 0) is 0 Å². The van der Waals surface area contributed by atoms with Crippen LogP contribution in [0.25, 0.3) is 0 Å². The van der Waals surface area contributed by atoms with E-state index in [2.05, 4.69) is 10.3 Å². The van der Waals surface area contributed by atoms with Crippen molar-refractivity contribution in [2.24, 2.45) is 5.92 Å². The number of amides is 1. The van der Waals surface area contributed by atoms with Gasteiger partial charge in [0.25, 0.3) is 5.91 Å². The number of carbonyl (C=O) groups excluding carboxylic acids is 1. The van der Waals surface area contributed by atoms with Crippen molar-refractivity contribution in [2.75, 3.05) is 0 Å². The van der Waals surface area contributed by atoms with E-state index in [1.165, 1.54) is 20.0 Å². The molecule has 0 aliphatic carbocycles. The standard InChI is InChI=1S/C12H17F3N2O2/c1-6(2)9(10(18)12(13,14)15)17-11(19)8-5-16-4-7(8)3/h4-6,9-10,16,18H,1-3H3,(H,17,19)/t9-,10-/m0/s1. The third kappa shape index (κ3) is 3.73. The number of nitrogens with one attached hydrogen (secondary N) is 2. The van der Waals surface area contributed by atoms with E-state index in [9.17, 15) is 23.1 Å². The van der Waals surface area contributed by atoms with Crippen molar-refractivity contribution < 1.29 is 23.1 Å². The van der Waals surface area contributed by atoms with Crippen LogP contribution in [0.15, 0.2) is 12.4 Å². The van der Waals surface area contributed by atoms with Crippen molar-refractivity contribution in [1.82, 2.24) is 10.3 Å². The van der Waals surface area contributed by atoms with Crippen LogP contribution in [0, 0.1) is 12.8 Å². The lowest BCUT2D eigenvalue weighted by atomic mass is 9.97. The summed E-state index contributed by atoms with van der Waals surface area (Å²) >= 11 is 0. The second kappa shape index (κ2) is 5.64. The molecule has 1 heterocycles. The molecule has 0 aliphatic heterocycles. The summed E-state index contributed by atoms with van der Waals surface area (Å²) in [5.41, 5.74) is 0.890. The number of rotatable bonds is 4. The average molecular weight is 278 g/mol. The predicted molar refractivity (Wildman–Crippen MR) is 63.7 cm³/mol. The average Bonchev–Trinajstić information content (AvgIpc) is 2.69. The van der Waals surface area contributed by atoms with Gasteiger partial charge < -0.3 is 15.4 Å². The molecule has 7 heteroatoms. The van der Waals surface area contributed by atoms with E-state index in [-0.39, 0.29) is 5.56 Å². The van der Waals surface area contributed by atoms with Crippen molar-refractivity contribution in [1.29, 1.82) is 0 Å². The number of carbonyl (C=O) groups is 1. The van der Waals surface area contributed by atoms with Crippen LogP contribution in [0.4, 0.5) is 13.2 Å². The molecule has 0 aromatic carbocycles. The number of aromatic amines is 1. The summed E-state index contributed by atoms with van der Waals surface area (Å²) in [4.78, 5) is 14.6. The number of aromatic nitrogens is 1. The Kier molecular flexibility index (Phi) is 4.62. The summed E-state index contributed by atoms with van der Waals surface area (Å²) in [6.07, 6.45) is -4.38. The molecule has 1 rings (SSSR count). The molecule has 19 heavy (non-hydrogen) atoms. The van der Waals surface area contributed by atoms with Gasteiger partial charge in [0.2, 0.25) is 0 Å². The number of halogens is 3.